The fraction of sp³-hybridized carbons (Fsp3) is 0.412. The number of rotatable bonds is 14. The average Bonchev–Trinajstić information content (AvgIpc) is 3.06. The minimum atomic E-state index is -4.92. The first-order valence-corrected chi connectivity index (χ1v) is 15.9. The predicted molar refractivity (Wildman–Crippen MR) is 170 cm³/mol. The Balaban J connectivity index is 1.59. The monoisotopic (exact) mass is 710 g/mol. The highest BCUT2D eigenvalue weighted by molar-refractivity contribution is 6.30. The summed E-state index contributed by atoms with van der Waals surface area (Å²) in [7, 11) is 1.29. The van der Waals surface area contributed by atoms with Crippen LogP contribution in [0.2, 0.25) is 5.02 Å². The predicted octanol–water partition coefficient (Wildman–Crippen LogP) is 6.52. The summed E-state index contributed by atoms with van der Waals surface area (Å²) in [4.78, 5) is 42.1. The van der Waals surface area contributed by atoms with Gasteiger partial charge in [-0.15, -0.1) is 0 Å². The molecular weight excluding hydrogens is 675 g/mol. The van der Waals surface area contributed by atoms with Crippen LogP contribution in [0.3, 0.4) is 0 Å². The summed E-state index contributed by atoms with van der Waals surface area (Å²) in [5.41, 5.74) is -1.10. The van der Waals surface area contributed by atoms with Crippen molar-refractivity contribution in [1.82, 2.24) is 20.9 Å². The topological polar surface area (TPSA) is 119 Å². The number of carbonyl (C=O) groups excluding carboxylic acids is 3. The molecular formula is C34H36ClF5N4O5. The minimum Gasteiger partial charge on any atom is -0.469 e. The zero-order valence-electron chi connectivity index (χ0n) is 26.5. The number of aromatic nitrogens is 1. The first-order chi connectivity index (χ1) is 23.3. The summed E-state index contributed by atoms with van der Waals surface area (Å²) in [6.45, 7) is 0.323. The van der Waals surface area contributed by atoms with Crippen molar-refractivity contribution in [3.05, 3.63) is 94.5 Å². The molecule has 0 spiro atoms. The van der Waals surface area contributed by atoms with Gasteiger partial charge < -0.3 is 25.4 Å². The number of alkyl halides is 4. The molecule has 0 radical (unpaired) electrons. The Morgan fingerprint density at radius 1 is 1.02 bits per heavy atom. The molecule has 1 aliphatic rings. The standard InChI is InChI=1S/C34H36ClF5N4O5/c1-48-29(45)8-5-15-41-30(46)22-9-12-26(13-10-22)43-32(47)44-33(19-21-6-3-2-4-7-21,28-14-11-24(35)20-42-28)23-16-25(36)18-27(17-23)49-34(39,40)31(37)38/h2-4,6-7,11,14,16-18,20,22,26,31H,5,8-10,12-13,15,19H2,1H3,(H,41,46)(H2,43,44,47)/t22-,26+,33-/m0/s1. The normalized spacial score (nSPS) is 17.5. The lowest BCUT2D eigenvalue weighted by molar-refractivity contribution is -0.253. The summed E-state index contributed by atoms with van der Waals surface area (Å²) < 4.78 is 77.8. The molecule has 0 saturated heterocycles. The Morgan fingerprint density at radius 2 is 1.73 bits per heavy atom. The van der Waals surface area contributed by atoms with E-state index >= 15 is 4.39 Å². The van der Waals surface area contributed by atoms with Crippen LogP contribution in [0.5, 0.6) is 5.75 Å². The first-order valence-electron chi connectivity index (χ1n) is 15.6. The Bertz CT molecular complexity index is 1580. The van der Waals surface area contributed by atoms with Crippen molar-refractivity contribution in [1.29, 1.82) is 0 Å². The third-order valence-electron chi connectivity index (χ3n) is 8.19. The van der Waals surface area contributed by atoms with Gasteiger partial charge in [0, 0.05) is 43.6 Å². The fourth-order valence-electron chi connectivity index (χ4n) is 5.73. The van der Waals surface area contributed by atoms with Crippen LogP contribution in [0, 0.1) is 11.7 Å². The van der Waals surface area contributed by atoms with Gasteiger partial charge in [0.05, 0.1) is 17.8 Å². The molecule has 2 aromatic carbocycles. The van der Waals surface area contributed by atoms with Gasteiger partial charge in [0.2, 0.25) is 5.91 Å². The van der Waals surface area contributed by atoms with Crippen LogP contribution < -0.4 is 20.7 Å². The number of benzene rings is 2. The van der Waals surface area contributed by atoms with Gasteiger partial charge in [0.25, 0.3) is 0 Å². The number of hydrogen-bond acceptors (Lipinski definition) is 6. The number of esters is 1. The second-order valence-electron chi connectivity index (χ2n) is 11.7. The highest BCUT2D eigenvalue weighted by Gasteiger charge is 2.45. The molecule has 264 valence electrons. The number of amides is 3. The van der Waals surface area contributed by atoms with E-state index in [0.717, 1.165) is 12.1 Å². The largest absolute Gasteiger partial charge is 0.469 e. The molecule has 0 bridgehead atoms. The van der Waals surface area contributed by atoms with Crippen LogP contribution >= 0.6 is 11.6 Å². The van der Waals surface area contributed by atoms with Crippen LogP contribution in [-0.4, -0.2) is 55.1 Å². The molecule has 1 fully saturated rings. The summed E-state index contributed by atoms with van der Waals surface area (Å²) in [5, 5.41) is 8.82. The van der Waals surface area contributed by atoms with Crippen molar-refractivity contribution >= 4 is 29.5 Å². The zero-order chi connectivity index (χ0) is 35.6. The van der Waals surface area contributed by atoms with E-state index in [9.17, 15) is 31.9 Å². The van der Waals surface area contributed by atoms with Crippen LogP contribution in [0.4, 0.5) is 26.7 Å². The molecule has 4 rings (SSSR count). The van der Waals surface area contributed by atoms with Crippen molar-refractivity contribution in [3.8, 4) is 5.75 Å². The second-order valence-corrected chi connectivity index (χ2v) is 12.1. The van der Waals surface area contributed by atoms with Crippen molar-refractivity contribution in [2.24, 2.45) is 5.92 Å². The number of nitrogens with zero attached hydrogens (tertiary/aromatic N) is 1. The molecule has 0 unspecified atom stereocenters. The lowest BCUT2D eigenvalue weighted by Gasteiger charge is -2.37. The third kappa shape index (κ3) is 10.3. The Hall–Kier alpha value is -4.46. The molecule has 1 heterocycles. The quantitative estimate of drug-likeness (QED) is 0.0996. The number of pyridine rings is 1. The van der Waals surface area contributed by atoms with Gasteiger partial charge in [-0.1, -0.05) is 41.9 Å². The van der Waals surface area contributed by atoms with Crippen LogP contribution in [-0.2, 0) is 26.3 Å². The van der Waals surface area contributed by atoms with E-state index in [-0.39, 0.29) is 53.0 Å². The van der Waals surface area contributed by atoms with Crippen LogP contribution in [0.1, 0.15) is 55.3 Å². The van der Waals surface area contributed by atoms with Crippen LogP contribution in [0.15, 0.2) is 66.9 Å². The van der Waals surface area contributed by atoms with E-state index in [1.165, 1.54) is 25.4 Å². The Morgan fingerprint density at radius 3 is 2.37 bits per heavy atom. The Labute approximate surface area is 284 Å². The van der Waals surface area contributed by atoms with E-state index in [4.69, 9.17) is 11.6 Å². The fourth-order valence-corrected chi connectivity index (χ4v) is 5.84. The van der Waals surface area contributed by atoms with Crippen LogP contribution in [0.25, 0.3) is 0 Å². The third-order valence-corrected chi connectivity index (χ3v) is 8.42. The van der Waals surface area contributed by atoms with Gasteiger partial charge in [0.1, 0.15) is 17.1 Å². The zero-order valence-corrected chi connectivity index (χ0v) is 27.3. The van der Waals surface area contributed by atoms with Gasteiger partial charge >= 0.3 is 24.5 Å². The van der Waals surface area contributed by atoms with Gasteiger partial charge in [-0.2, -0.15) is 17.6 Å². The maximum Gasteiger partial charge on any atom is 0.461 e. The van der Waals surface area contributed by atoms with Gasteiger partial charge in [0.15, 0.2) is 0 Å². The molecule has 15 heteroatoms. The van der Waals surface area contributed by atoms with Crippen molar-refractivity contribution in [2.45, 2.75) is 69.1 Å². The summed E-state index contributed by atoms with van der Waals surface area (Å²) >= 11 is 6.10. The smallest absolute Gasteiger partial charge is 0.461 e. The van der Waals surface area contributed by atoms with E-state index in [1.54, 1.807) is 30.3 Å². The maximum absolute atomic E-state index is 15.1. The Kier molecular flexibility index (Phi) is 12.8. The molecule has 1 saturated carbocycles. The molecule has 1 aliphatic carbocycles. The van der Waals surface area contributed by atoms with Crippen molar-refractivity contribution in [2.75, 3.05) is 13.7 Å². The molecule has 49 heavy (non-hydrogen) atoms. The first kappa shape index (κ1) is 37.4. The van der Waals surface area contributed by atoms with E-state index < -0.39 is 35.7 Å². The number of carbonyl (C=O) groups is 3. The van der Waals surface area contributed by atoms with Gasteiger partial charge in [-0.3, -0.25) is 14.6 Å². The molecule has 3 amide bonds. The second kappa shape index (κ2) is 16.8. The molecule has 0 aliphatic heterocycles. The molecule has 3 aromatic rings. The number of nitrogens with one attached hydrogen (secondary N) is 3. The maximum atomic E-state index is 15.1. The number of hydrogen-bond donors (Lipinski definition) is 3. The lowest BCUT2D eigenvalue weighted by Crippen LogP contribution is -2.55. The van der Waals surface area contributed by atoms with Gasteiger partial charge in [-0.25, -0.2) is 9.18 Å². The highest BCUT2D eigenvalue weighted by Crippen LogP contribution is 2.37. The summed E-state index contributed by atoms with van der Waals surface area (Å²) in [6.07, 6.45) is -5.40. The lowest BCUT2D eigenvalue weighted by atomic mass is 9.80. The van der Waals surface area contributed by atoms with Crippen molar-refractivity contribution < 1.29 is 45.8 Å². The highest BCUT2D eigenvalue weighted by atomic mass is 35.5. The SMILES string of the molecule is COC(=O)CCCNC(=O)[C@H]1CC[C@@H](NC(=O)N[C@@](Cc2ccccc2)(c2cc(F)cc(OC(F)(F)C(F)F)c2)c2ccc(Cl)cn2)CC1. The molecule has 1 aromatic heterocycles. The van der Waals surface area contributed by atoms with E-state index in [1.807, 2.05) is 0 Å². The summed E-state index contributed by atoms with van der Waals surface area (Å²) in [6, 6.07) is 13.0. The van der Waals surface area contributed by atoms with Crippen molar-refractivity contribution in [3.63, 3.8) is 0 Å². The average molecular weight is 711 g/mol. The number of halogens is 6. The number of ether oxygens (including phenoxy) is 2. The summed E-state index contributed by atoms with van der Waals surface area (Å²) in [5.74, 6) is -2.78. The number of urea groups is 1. The van der Waals surface area contributed by atoms with E-state index in [2.05, 4.69) is 30.4 Å². The molecule has 1 atom stereocenters. The number of methoxy groups -OCH3 is 1. The van der Waals surface area contributed by atoms with Gasteiger partial charge in [-0.05, 0) is 67.5 Å². The van der Waals surface area contributed by atoms with E-state index in [0.29, 0.717) is 50.3 Å². The molecule has 9 nitrogen and oxygen atoms in total. The molecule has 3 N–H and O–H groups in total. The minimum absolute atomic E-state index is 0.0765.